The topological polar surface area (TPSA) is 67.8 Å². The van der Waals surface area contributed by atoms with Crippen LogP contribution in [0.15, 0.2) is 18.2 Å². The van der Waals surface area contributed by atoms with E-state index in [-0.39, 0.29) is 18.6 Å². The number of hydrogen-bond acceptors (Lipinski definition) is 4. The number of rotatable bonds is 7. The van der Waals surface area contributed by atoms with Gasteiger partial charge in [0.2, 0.25) is 0 Å². The molecule has 0 atom stereocenters. The monoisotopic (exact) mass is 267 g/mol. The van der Waals surface area contributed by atoms with Gasteiger partial charge in [0.25, 0.3) is 5.91 Å². The molecule has 0 aliphatic rings. The zero-order valence-corrected chi connectivity index (χ0v) is 11.6. The van der Waals surface area contributed by atoms with Crippen LogP contribution in [-0.4, -0.2) is 37.4 Å². The van der Waals surface area contributed by atoms with Crippen molar-refractivity contribution in [1.82, 2.24) is 5.32 Å². The molecule has 0 unspecified atom stereocenters. The van der Waals surface area contributed by atoms with Crippen LogP contribution >= 0.6 is 0 Å². The summed E-state index contributed by atoms with van der Waals surface area (Å²) in [5, 5.41) is 11.4. The third-order valence-corrected chi connectivity index (χ3v) is 2.41. The Bertz CT molecular complexity index is 418. The molecule has 5 heteroatoms. The normalized spacial score (nSPS) is 10.4. The number of aliphatic hydroxyl groups excluding tert-OH is 1. The quantitative estimate of drug-likeness (QED) is 0.736. The van der Waals surface area contributed by atoms with Crippen molar-refractivity contribution >= 4 is 5.91 Å². The van der Waals surface area contributed by atoms with Gasteiger partial charge in [-0.2, -0.15) is 0 Å². The maximum atomic E-state index is 11.8. The van der Waals surface area contributed by atoms with Crippen molar-refractivity contribution in [3.63, 3.8) is 0 Å². The molecule has 2 N–H and O–H groups in total. The van der Waals surface area contributed by atoms with Gasteiger partial charge in [-0.3, -0.25) is 4.79 Å². The van der Waals surface area contributed by atoms with Gasteiger partial charge in [0.15, 0.2) is 11.5 Å². The molecular weight excluding hydrogens is 246 g/mol. The summed E-state index contributed by atoms with van der Waals surface area (Å²) in [6.45, 7) is 4.36. The summed E-state index contributed by atoms with van der Waals surface area (Å²) in [6.07, 6.45) is 0.579. The van der Waals surface area contributed by atoms with E-state index in [1.54, 1.807) is 18.2 Å². The molecule has 1 rings (SSSR count). The summed E-state index contributed by atoms with van der Waals surface area (Å²) in [4.78, 5) is 11.8. The average molecular weight is 267 g/mol. The lowest BCUT2D eigenvalue weighted by Gasteiger charge is -2.14. The van der Waals surface area contributed by atoms with Gasteiger partial charge in [-0.15, -0.1) is 0 Å². The molecule has 0 fully saturated rings. The molecule has 19 heavy (non-hydrogen) atoms. The van der Waals surface area contributed by atoms with Crippen LogP contribution in [0.1, 0.15) is 30.6 Å². The second-order valence-electron chi connectivity index (χ2n) is 4.37. The van der Waals surface area contributed by atoms with E-state index in [0.29, 0.717) is 30.0 Å². The Hall–Kier alpha value is -1.75. The highest BCUT2D eigenvalue weighted by molar-refractivity contribution is 5.94. The van der Waals surface area contributed by atoms with Gasteiger partial charge in [0, 0.05) is 18.7 Å². The fourth-order valence-corrected chi connectivity index (χ4v) is 1.54. The number of ether oxygens (including phenoxy) is 2. The van der Waals surface area contributed by atoms with Crippen molar-refractivity contribution in [1.29, 1.82) is 0 Å². The van der Waals surface area contributed by atoms with E-state index in [9.17, 15) is 4.79 Å². The molecule has 0 aliphatic heterocycles. The Morgan fingerprint density at radius 3 is 2.68 bits per heavy atom. The second kappa shape index (κ2) is 7.63. The van der Waals surface area contributed by atoms with E-state index in [1.807, 2.05) is 13.8 Å². The van der Waals surface area contributed by atoms with Crippen LogP contribution in [0.2, 0.25) is 0 Å². The summed E-state index contributed by atoms with van der Waals surface area (Å²) < 4.78 is 10.8. The van der Waals surface area contributed by atoms with E-state index < -0.39 is 0 Å². The fraction of sp³-hybridized carbons (Fsp3) is 0.500. The third-order valence-electron chi connectivity index (χ3n) is 2.41. The first-order chi connectivity index (χ1) is 9.08. The minimum absolute atomic E-state index is 0.0399. The Morgan fingerprint density at radius 1 is 1.37 bits per heavy atom. The lowest BCUT2D eigenvalue weighted by molar-refractivity contribution is 0.0950. The molecule has 0 saturated heterocycles. The predicted octanol–water partition coefficient (Wildman–Crippen LogP) is 1.59. The first-order valence-corrected chi connectivity index (χ1v) is 6.32. The molecule has 1 aromatic carbocycles. The summed E-state index contributed by atoms with van der Waals surface area (Å²) >= 11 is 0. The Balaban J connectivity index is 2.78. The Morgan fingerprint density at radius 2 is 2.11 bits per heavy atom. The smallest absolute Gasteiger partial charge is 0.251 e. The molecule has 0 heterocycles. The number of carbonyl (C=O) groups excluding carboxylic acids is 1. The lowest BCUT2D eigenvalue weighted by atomic mass is 10.2. The van der Waals surface area contributed by atoms with E-state index in [1.165, 1.54) is 7.11 Å². The zero-order chi connectivity index (χ0) is 14.3. The number of benzene rings is 1. The van der Waals surface area contributed by atoms with Crippen LogP contribution in [0.5, 0.6) is 11.5 Å². The van der Waals surface area contributed by atoms with Crippen LogP contribution in [0, 0.1) is 0 Å². The van der Waals surface area contributed by atoms with Gasteiger partial charge in [0.1, 0.15) is 0 Å². The lowest BCUT2D eigenvalue weighted by Crippen LogP contribution is -2.25. The molecular formula is C14H21NO4. The molecule has 5 nitrogen and oxygen atoms in total. The molecule has 0 aromatic heterocycles. The fourth-order valence-electron chi connectivity index (χ4n) is 1.54. The van der Waals surface area contributed by atoms with E-state index in [2.05, 4.69) is 5.32 Å². The van der Waals surface area contributed by atoms with Gasteiger partial charge in [0.05, 0.1) is 13.2 Å². The molecule has 106 valence electrons. The molecule has 0 saturated carbocycles. The van der Waals surface area contributed by atoms with E-state index in [0.717, 1.165) is 0 Å². The van der Waals surface area contributed by atoms with Gasteiger partial charge >= 0.3 is 0 Å². The minimum Gasteiger partial charge on any atom is -0.493 e. The minimum atomic E-state index is -0.192. The van der Waals surface area contributed by atoms with Crippen LogP contribution in [0.25, 0.3) is 0 Å². The summed E-state index contributed by atoms with van der Waals surface area (Å²) in [7, 11) is 1.54. The van der Waals surface area contributed by atoms with Crippen molar-refractivity contribution in [2.75, 3.05) is 20.3 Å². The zero-order valence-electron chi connectivity index (χ0n) is 11.6. The van der Waals surface area contributed by atoms with Gasteiger partial charge in [-0.05, 0) is 38.5 Å². The van der Waals surface area contributed by atoms with Crippen LogP contribution in [-0.2, 0) is 0 Å². The molecule has 1 amide bonds. The standard InChI is InChI=1S/C14H21NO4/c1-10(2)19-12-6-5-11(9-13(12)18-3)14(17)15-7-4-8-16/h5-6,9-10,16H,4,7-8H2,1-3H3,(H,15,17). The number of nitrogens with one attached hydrogen (secondary N) is 1. The average Bonchev–Trinajstić information content (AvgIpc) is 2.38. The second-order valence-corrected chi connectivity index (χ2v) is 4.37. The Kier molecular flexibility index (Phi) is 6.15. The third kappa shape index (κ3) is 4.79. The van der Waals surface area contributed by atoms with Gasteiger partial charge < -0.3 is 19.9 Å². The maximum Gasteiger partial charge on any atom is 0.251 e. The van der Waals surface area contributed by atoms with Crippen molar-refractivity contribution in [2.45, 2.75) is 26.4 Å². The Labute approximate surface area is 113 Å². The number of hydrogen-bond donors (Lipinski definition) is 2. The highest BCUT2D eigenvalue weighted by atomic mass is 16.5. The molecule has 0 radical (unpaired) electrons. The molecule has 1 aromatic rings. The molecule has 0 aliphatic carbocycles. The van der Waals surface area contributed by atoms with E-state index >= 15 is 0 Å². The predicted molar refractivity (Wildman–Crippen MR) is 72.8 cm³/mol. The van der Waals surface area contributed by atoms with E-state index in [4.69, 9.17) is 14.6 Å². The van der Waals surface area contributed by atoms with Crippen molar-refractivity contribution < 1.29 is 19.4 Å². The summed E-state index contributed by atoms with van der Waals surface area (Å²) in [6, 6.07) is 5.06. The summed E-state index contributed by atoms with van der Waals surface area (Å²) in [5.74, 6) is 0.954. The number of amides is 1. The largest absolute Gasteiger partial charge is 0.493 e. The van der Waals surface area contributed by atoms with Crippen molar-refractivity contribution in [3.8, 4) is 11.5 Å². The first-order valence-electron chi connectivity index (χ1n) is 6.32. The molecule has 0 bridgehead atoms. The van der Waals surface area contributed by atoms with Gasteiger partial charge in [-0.1, -0.05) is 0 Å². The highest BCUT2D eigenvalue weighted by Crippen LogP contribution is 2.28. The van der Waals surface area contributed by atoms with Crippen LogP contribution < -0.4 is 14.8 Å². The molecule has 0 spiro atoms. The van der Waals surface area contributed by atoms with Crippen LogP contribution in [0.4, 0.5) is 0 Å². The maximum absolute atomic E-state index is 11.8. The highest BCUT2D eigenvalue weighted by Gasteiger charge is 2.11. The van der Waals surface area contributed by atoms with Crippen molar-refractivity contribution in [2.24, 2.45) is 0 Å². The van der Waals surface area contributed by atoms with Crippen molar-refractivity contribution in [3.05, 3.63) is 23.8 Å². The number of aliphatic hydroxyl groups is 1. The van der Waals surface area contributed by atoms with Crippen LogP contribution in [0.3, 0.4) is 0 Å². The SMILES string of the molecule is COc1cc(C(=O)NCCCO)ccc1OC(C)C. The summed E-state index contributed by atoms with van der Waals surface area (Å²) in [5.41, 5.74) is 0.505. The number of methoxy groups -OCH3 is 1. The van der Waals surface area contributed by atoms with Gasteiger partial charge in [-0.25, -0.2) is 0 Å². The first kappa shape index (κ1) is 15.3. The number of carbonyl (C=O) groups is 1.